The quantitative estimate of drug-likeness (QED) is 0.588. The van der Waals surface area contributed by atoms with E-state index in [-0.39, 0.29) is 6.42 Å². The average molecular weight is 230 g/mol. The summed E-state index contributed by atoms with van der Waals surface area (Å²) in [6, 6.07) is 8.33. The molecule has 0 aliphatic heterocycles. The molecule has 0 N–H and O–H groups in total. The summed E-state index contributed by atoms with van der Waals surface area (Å²) in [5, 5.41) is 0.850. The molecule has 1 rings (SSSR count). The molecule has 0 saturated carbocycles. The van der Waals surface area contributed by atoms with Crippen LogP contribution in [-0.4, -0.2) is 14.7 Å². The maximum absolute atomic E-state index is 13.4. The first-order valence-corrected chi connectivity index (χ1v) is 5.47. The fraction of sp³-hybridized carbons (Fsp3) is 0.333. The third-order valence-corrected chi connectivity index (χ3v) is 2.09. The highest BCUT2D eigenvalue weighted by Gasteiger charge is 2.15. The van der Waals surface area contributed by atoms with Crippen molar-refractivity contribution in [2.75, 3.05) is 5.01 Å². The van der Waals surface area contributed by atoms with Crippen molar-refractivity contribution in [2.45, 2.75) is 19.6 Å². The predicted molar refractivity (Wildman–Crippen MR) is 55.5 cm³/mol. The molecule has 15 heavy (non-hydrogen) atoms. The number of alkyl halides is 1. The van der Waals surface area contributed by atoms with Crippen LogP contribution in [0.25, 0.3) is 0 Å². The van der Waals surface area contributed by atoms with Crippen molar-refractivity contribution in [3.05, 3.63) is 30.3 Å². The van der Waals surface area contributed by atoms with Crippen molar-refractivity contribution in [1.82, 2.24) is 0 Å². The van der Waals surface area contributed by atoms with E-state index < -0.39 is 16.8 Å². The van der Waals surface area contributed by atoms with E-state index in [0.717, 1.165) is 5.01 Å². The average Bonchev–Trinajstić information content (AvgIpc) is 2.26. The Morgan fingerprint density at radius 1 is 1.40 bits per heavy atom. The molecule has 0 spiro atoms. The Kier molecular flexibility index (Phi) is 4.23. The molecule has 0 aliphatic rings. The van der Waals surface area contributed by atoms with E-state index >= 15 is 0 Å². The van der Waals surface area contributed by atoms with E-state index in [4.69, 9.17) is 0 Å². The summed E-state index contributed by atoms with van der Waals surface area (Å²) in [6.45, 7) is 1.61. The van der Waals surface area contributed by atoms with Gasteiger partial charge in [0, 0.05) is 0 Å². The van der Waals surface area contributed by atoms with Gasteiger partial charge in [-0.1, -0.05) is 25.1 Å². The van der Waals surface area contributed by atoms with Gasteiger partial charge in [-0.3, -0.25) is 0 Å². The minimum atomic E-state index is -2.66. The number of nitrogens with zero attached hydrogens (tertiary/aromatic N) is 2. The molecule has 1 aromatic rings. The second kappa shape index (κ2) is 5.45. The van der Waals surface area contributed by atoms with Gasteiger partial charge in [-0.05, 0) is 23.0 Å². The molecule has 0 amide bonds. The molecule has 0 bridgehead atoms. The van der Waals surface area contributed by atoms with Crippen LogP contribution in [-0.2, 0) is 10.5 Å². The molecular weight excluding hydrogens is 219 g/mol. The van der Waals surface area contributed by atoms with E-state index in [9.17, 15) is 12.8 Å². The molecular formula is C9H11FN2O2S. The summed E-state index contributed by atoms with van der Waals surface area (Å²) >= 11 is 0. The van der Waals surface area contributed by atoms with Crippen LogP contribution >= 0.6 is 0 Å². The number of rotatable bonds is 4. The summed E-state index contributed by atoms with van der Waals surface area (Å²) in [7, 11) is -2.66. The summed E-state index contributed by atoms with van der Waals surface area (Å²) in [4.78, 5) is 0. The molecule has 0 aliphatic carbocycles. The summed E-state index contributed by atoms with van der Waals surface area (Å²) < 4.78 is 37.5. The lowest BCUT2D eigenvalue weighted by atomic mass is 10.3. The zero-order chi connectivity index (χ0) is 11.3. The van der Waals surface area contributed by atoms with Gasteiger partial charge in [0.05, 0.1) is 5.69 Å². The second-order valence-corrected chi connectivity index (χ2v) is 3.42. The first-order valence-electron chi connectivity index (χ1n) is 4.44. The van der Waals surface area contributed by atoms with Crippen molar-refractivity contribution in [3.8, 4) is 0 Å². The summed E-state index contributed by atoms with van der Waals surface area (Å²) in [6.07, 6.45) is -1.28. The number of hydrogen-bond acceptors (Lipinski definition) is 3. The Morgan fingerprint density at radius 2 is 2.00 bits per heavy atom. The number of benzene rings is 1. The Bertz CT molecular complexity index is 425. The van der Waals surface area contributed by atoms with Crippen molar-refractivity contribution in [2.24, 2.45) is 4.47 Å². The van der Waals surface area contributed by atoms with Crippen molar-refractivity contribution < 1.29 is 12.8 Å². The molecule has 1 atom stereocenters. The number of hydrogen-bond donors (Lipinski definition) is 0. The largest absolute Gasteiger partial charge is 0.333 e. The minimum Gasteiger partial charge on any atom is -0.222 e. The summed E-state index contributed by atoms with van der Waals surface area (Å²) in [5.74, 6) is 0. The van der Waals surface area contributed by atoms with Gasteiger partial charge in [-0.25, -0.2) is 9.40 Å². The molecule has 0 aromatic heterocycles. The minimum absolute atomic E-state index is 0.162. The van der Waals surface area contributed by atoms with Crippen LogP contribution in [0.3, 0.4) is 0 Å². The number of halogens is 1. The van der Waals surface area contributed by atoms with Crippen molar-refractivity contribution >= 4 is 16.2 Å². The van der Waals surface area contributed by atoms with E-state index in [1.165, 1.54) is 0 Å². The molecule has 0 heterocycles. The van der Waals surface area contributed by atoms with Crippen LogP contribution in [0.4, 0.5) is 10.1 Å². The maximum Gasteiger partial charge on any atom is 0.333 e. The highest BCUT2D eigenvalue weighted by molar-refractivity contribution is 7.61. The normalized spacial score (nSPS) is 11.9. The standard InChI is InChI=1S/C9H11FN2O2S/c1-2-9(10)12(11-15(13)14)8-6-4-3-5-7-8/h3-7,9H,2H2,1H3. The lowest BCUT2D eigenvalue weighted by Gasteiger charge is -2.19. The molecule has 0 radical (unpaired) electrons. The fourth-order valence-corrected chi connectivity index (χ4v) is 1.43. The van der Waals surface area contributed by atoms with Gasteiger partial charge >= 0.3 is 10.5 Å². The second-order valence-electron chi connectivity index (χ2n) is 2.82. The van der Waals surface area contributed by atoms with E-state index in [1.54, 1.807) is 37.3 Å². The van der Waals surface area contributed by atoms with E-state index in [2.05, 4.69) is 4.47 Å². The molecule has 4 nitrogen and oxygen atoms in total. The first kappa shape index (κ1) is 11.6. The molecule has 1 unspecified atom stereocenters. The highest BCUT2D eigenvalue weighted by Crippen LogP contribution is 2.19. The third kappa shape index (κ3) is 3.32. The van der Waals surface area contributed by atoms with Crippen LogP contribution in [0.5, 0.6) is 0 Å². The van der Waals surface area contributed by atoms with Crippen LogP contribution in [0.1, 0.15) is 13.3 Å². The summed E-state index contributed by atoms with van der Waals surface area (Å²) in [5.41, 5.74) is 0.413. The highest BCUT2D eigenvalue weighted by atomic mass is 32.2. The zero-order valence-corrected chi connectivity index (χ0v) is 8.98. The predicted octanol–water partition coefficient (Wildman–Crippen LogP) is 2.18. The lowest BCUT2D eigenvalue weighted by Crippen LogP contribution is -2.25. The van der Waals surface area contributed by atoms with Crippen molar-refractivity contribution in [3.63, 3.8) is 0 Å². The van der Waals surface area contributed by atoms with Crippen LogP contribution < -0.4 is 5.01 Å². The van der Waals surface area contributed by atoms with Crippen molar-refractivity contribution in [1.29, 1.82) is 0 Å². The number of para-hydroxylation sites is 1. The van der Waals surface area contributed by atoms with Crippen LogP contribution in [0.2, 0.25) is 0 Å². The smallest absolute Gasteiger partial charge is 0.222 e. The molecule has 0 saturated heterocycles. The van der Waals surface area contributed by atoms with E-state index in [0.29, 0.717) is 5.69 Å². The lowest BCUT2D eigenvalue weighted by molar-refractivity contribution is 0.313. The van der Waals surface area contributed by atoms with Gasteiger partial charge in [0.15, 0.2) is 6.30 Å². The Balaban J connectivity index is 3.07. The van der Waals surface area contributed by atoms with Gasteiger partial charge in [0.2, 0.25) is 0 Å². The van der Waals surface area contributed by atoms with Gasteiger partial charge < -0.3 is 0 Å². The molecule has 1 aromatic carbocycles. The van der Waals surface area contributed by atoms with Gasteiger partial charge in [0.1, 0.15) is 0 Å². The van der Waals surface area contributed by atoms with E-state index in [1.807, 2.05) is 0 Å². The fourth-order valence-electron chi connectivity index (χ4n) is 1.09. The molecule has 6 heteroatoms. The van der Waals surface area contributed by atoms with Gasteiger partial charge in [-0.2, -0.15) is 8.42 Å². The third-order valence-electron chi connectivity index (χ3n) is 1.78. The Hall–Kier alpha value is -1.43. The monoisotopic (exact) mass is 230 g/mol. The first-order chi connectivity index (χ1) is 7.15. The topological polar surface area (TPSA) is 49.7 Å². The Morgan fingerprint density at radius 3 is 2.47 bits per heavy atom. The number of anilines is 1. The zero-order valence-electron chi connectivity index (χ0n) is 8.17. The van der Waals surface area contributed by atoms with Gasteiger partial charge in [0.25, 0.3) is 0 Å². The molecule has 0 fully saturated rings. The molecule has 82 valence electrons. The van der Waals surface area contributed by atoms with Crippen LogP contribution in [0, 0.1) is 0 Å². The Labute approximate surface area is 89.0 Å². The SMILES string of the molecule is CCC(F)N(N=S(=O)=O)c1ccccc1. The van der Waals surface area contributed by atoms with Crippen LogP contribution in [0.15, 0.2) is 34.8 Å². The maximum atomic E-state index is 13.4. The van der Waals surface area contributed by atoms with Gasteiger partial charge in [-0.15, -0.1) is 0 Å².